The van der Waals surface area contributed by atoms with Crippen LogP contribution in [0.15, 0.2) is 35.1 Å². The van der Waals surface area contributed by atoms with E-state index in [1.807, 2.05) is 6.07 Å². The lowest BCUT2D eigenvalue weighted by molar-refractivity contribution is 1.14. The molecule has 0 saturated carbocycles. The van der Waals surface area contributed by atoms with Crippen LogP contribution in [0.3, 0.4) is 0 Å². The summed E-state index contributed by atoms with van der Waals surface area (Å²) in [5.74, 6) is 6.42. The highest BCUT2D eigenvalue weighted by atomic mass is 79.9. The first-order valence-corrected chi connectivity index (χ1v) is 5.87. The normalized spacial score (nSPS) is 10.1. The lowest BCUT2D eigenvalue weighted by Gasteiger charge is -2.08. The van der Waals surface area contributed by atoms with Gasteiger partial charge < -0.3 is 10.7 Å². The summed E-state index contributed by atoms with van der Waals surface area (Å²) in [4.78, 5) is 7.99. The first-order valence-electron chi connectivity index (χ1n) is 4.70. The molecule has 0 aliphatic heterocycles. The maximum absolute atomic E-state index is 5.92. The van der Waals surface area contributed by atoms with Gasteiger partial charge in [0, 0.05) is 15.6 Å². The average molecular weight is 315 g/mol. The van der Waals surface area contributed by atoms with Crippen molar-refractivity contribution >= 4 is 44.9 Å². The maximum atomic E-state index is 5.92. The van der Waals surface area contributed by atoms with Crippen LogP contribution >= 0.6 is 27.5 Å². The zero-order chi connectivity index (χ0) is 12.3. The number of hydrogen-bond donors (Lipinski definition) is 3. The molecule has 7 heteroatoms. The predicted molar refractivity (Wildman–Crippen MR) is 72.3 cm³/mol. The molecule has 2 aromatic rings. The third kappa shape index (κ3) is 3.06. The number of anilines is 3. The summed E-state index contributed by atoms with van der Waals surface area (Å²) in [6, 6.07) is 7.13. The molecule has 0 atom stereocenters. The highest BCUT2D eigenvalue weighted by molar-refractivity contribution is 9.10. The Bertz CT molecular complexity index is 534. The number of hydrogen-bond acceptors (Lipinski definition) is 5. The minimum Gasteiger partial charge on any atom is -0.339 e. The van der Waals surface area contributed by atoms with Crippen molar-refractivity contribution in [2.45, 2.75) is 0 Å². The number of benzene rings is 1. The Balaban J connectivity index is 2.27. The van der Waals surface area contributed by atoms with E-state index in [4.69, 9.17) is 17.4 Å². The van der Waals surface area contributed by atoms with Gasteiger partial charge >= 0.3 is 0 Å². The first-order chi connectivity index (χ1) is 8.19. The molecule has 1 heterocycles. The topological polar surface area (TPSA) is 75.9 Å². The van der Waals surface area contributed by atoms with Gasteiger partial charge in [-0.2, -0.15) is 0 Å². The van der Waals surface area contributed by atoms with Gasteiger partial charge in [0.1, 0.15) is 18.0 Å². The smallest absolute Gasteiger partial charge is 0.145 e. The van der Waals surface area contributed by atoms with E-state index in [0.29, 0.717) is 16.7 Å². The van der Waals surface area contributed by atoms with E-state index in [-0.39, 0.29) is 0 Å². The van der Waals surface area contributed by atoms with E-state index >= 15 is 0 Å². The summed E-state index contributed by atoms with van der Waals surface area (Å²) < 4.78 is 0.891. The molecule has 1 aromatic heterocycles. The Hall–Kier alpha value is -1.37. The Morgan fingerprint density at radius 2 is 1.94 bits per heavy atom. The summed E-state index contributed by atoms with van der Waals surface area (Å²) in [5.41, 5.74) is 3.27. The SMILES string of the molecule is NNc1cc(Nc2cc(Cl)ccc2Br)ncn1. The van der Waals surface area contributed by atoms with Crippen LogP contribution in [0.2, 0.25) is 5.02 Å². The fourth-order valence-electron chi connectivity index (χ4n) is 1.24. The molecule has 0 spiro atoms. The zero-order valence-electron chi connectivity index (χ0n) is 8.61. The Morgan fingerprint density at radius 1 is 1.18 bits per heavy atom. The van der Waals surface area contributed by atoms with E-state index in [1.165, 1.54) is 6.33 Å². The van der Waals surface area contributed by atoms with Gasteiger partial charge in [-0.3, -0.25) is 0 Å². The van der Waals surface area contributed by atoms with Gasteiger partial charge in [-0.15, -0.1) is 0 Å². The Kier molecular flexibility index (Phi) is 3.78. The molecular weight excluding hydrogens is 306 g/mol. The van der Waals surface area contributed by atoms with E-state index in [9.17, 15) is 0 Å². The van der Waals surface area contributed by atoms with Crippen LogP contribution in [-0.4, -0.2) is 9.97 Å². The highest BCUT2D eigenvalue weighted by Gasteiger charge is 2.03. The molecule has 5 nitrogen and oxygen atoms in total. The molecule has 17 heavy (non-hydrogen) atoms. The van der Waals surface area contributed by atoms with Gasteiger partial charge in [-0.25, -0.2) is 15.8 Å². The number of rotatable bonds is 3. The Labute approximate surface area is 112 Å². The van der Waals surface area contributed by atoms with E-state index < -0.39 is 0 Å². The van der Waals surface area contributed by atoms with Crippen molar-refractivity contribution in [3.8, 4) is 0 Å². The van der Waals surface area contributed by atoms with E-state index in [2.05, 4.69) is 36.6 Å². The van der Waals surface area contributed by atoms with Crippen LogP contribution in [0.5, 0.6) is 0 Å². The monoisotopic (exact) mass is 313 g/mol. The molecule has 1 aromatic carbocycles. The summed E-state index contributed by atoms with van der Waals surface area (Å²) in [6.45, 7) is 0. The van der Waals surface area contributed by atoms with Gasteiger partial charge in [0.05, 0.1) is 5.69 Å². The van der Waals surface area contributed by atoms with Gasteiger partial charge in [-0.05, 0) is 34.1 Å². The summed E-state index contributed by atoms with van der Waals surface area (Å²) >= 11 is 9.33. The van der Waals surface area contributed by atoms with Gasteiger partial charge in [0.2, 0.25) is 0 Å². The van der Waals surface area contributed by atoms with Crippen molar-refractivity contribution < 1.29 is 0 Å². The van der Waals surface area contributed by atoms with Crippen molar-refractivity contribution in [2.24, 2.45) is 5.84 Å². The average Bonchev–Trinajstić information content (AvgIpc) is 2.34. The number of nitrogens with two attached hydrogens (primary N) is 1. The molecular formula is C10H9BrClN5. The summed E-state index contributed by atoms with van der Waals surface area (Å²) in [5, 5.41) is 3.75. The number of nitrogen functional groups attached to an aromatic ring is 1. The van der Waals surface area contributed by atoms with Crippen molar-refractivity contribution in [2.75, 3.05) is 10.7 Å². The molecule has 0 amide bonds. The van der Waals surface area contributed by atoms with Crippen LogP contribution in [0, 0.1) is 0 Å². The van der Waals surface area contributed by atoms with E-state index in [0.717, 1.165) is 10.2 Å². The van der Waals surface area contributed by atoms with Gasteiger partial charge in [0.15, 0.2) is 0 Å². The molecule has 88 valence electrons. The highest BCUT2D eigenvalue weighted by Crippen LogP contribution is 2.28. The summed E-state index contributed by atoms with van der Waals surface area (Å²) in [6.07, 6.45) is 1.41. The molecule has 0 saturated heterocycles. The second-order valence-electron chi connectivity index (χ2n) is 3.18. The zero-order valence-corrected chi connectivity index (χ0v) is 11.0. The predicted octanol–water partition coefficient (Wildman–Crippen LogP) is 2.92. The fraction of sp³-hybridized carbons (Fsp3) is 0. The molecule has 0 aliphatic rings. The second-order valence-corrected chi connectivity index (χ2v) is 4.47. The molecule has 0 fully saturated rings. The Morgan fingerprint density at radius 3 is 2.71 bits per heavy atom. The van der Waals surface area contributed by atoms with Crippen molar-refractivity contribution in [1.82, 2.24) is 9.97 Å². The minimum atomic E-state index is 0.528. The van der Waals surface area contributed by atoms with Crippen LogP contribution in [0.25, 0.3) is 0 Å². The van der Waals surface area contributed by atoms with Crippen LogP contribution in [0.1, 0.15) is 0 Å². The largest absolute Gasteiger partial charge is 0.339 e. The van der Waals surface area contributed by atoms with Crippen molar-refractivity contribution in [3.63, 3.8) is 0 Å². The second kappa shape index (κ2) is 5.31. The molecule has 0 radical (unpaired) electrons. The lowest BCUT2D eigenvalue weighted by Crippen LogP contribution is -2.09. The number of hydrazine groups is 1. The van der Waals surface area contributed by atoms with E-state index in [1.54, 1.807) is 18.2 Å². The standard InChI is InChI=1S/C10H9BrClN5/c11-7-2-1-6(12)3-8(7)16-9-4-10(17-13)15-5-14-9/h1-5H,13H2,(H2,14,15,16,17). The third-order valence-electron chi connectivity index (χ3n) is 2.01. The molecule has 0 unspecified atom stereocenters. The molecule has 4 N–H and O–H groups in total. The molecule has 0 aliphatic carbocycles. The van der Waals surface area contributed by atoms with Gasteiger partial charge in [0.25, 0.3) is 0 Å². The molecule has 2 rings (SSSR count). The van der Waals surface area contributed by atoms with Crippen LogP contribution < -0.4 is 16.6 Å². The third-order valence-corrected chi connectivity index (χ3v) is 2.93. The first kappa shape index (κ1) is 12.1. The molecule has 0 bridgehead atoms. The maximum Gasteiger partial charge on any atom is 0.145 e. The van der Waals surface area contributed by atoms with Crippen LogP contribution in [0.4, 0.5) is 17.3 Å². The van der Waals surface area contributed by atoms with Crippen molar-refractivity contribution in [3.05, 3.63) is 40.1 Å². The minimum absolute atomic E-state index is 0.528. The number of nitrogens with one attached hydrogen (secondary N) is 2. The van der Waals surface area contributed by atoms with Gasteiger partial charge in [-0.1, -0.05) is 11.6 Å². The van der Waals surface area contributed by atoms with Crippen molar-refractivity contribution in [1.29, 1.82) is 0 Å². The number of halogens is 2. The number of aromatic nitrogens is 2. The fourth-order valence-corrected chi connectivity index (χ4v) is 1.75. The lowest BCUT2D eigenvalue weighted by atomic mass is 10.3. The van der Waals surface area contributed by atoms with Crippen LogP contribution in [-0.2, 0) is 0 Å². The quantitative estimate of drug-likeness (QED) is 0.600. The summed E-state index contributed by atoms with van der Waals surface area (Å²) in [7, 11) is 0. The number of nitrogens with zero attached hydrogens (tertiary/aromatic N) is 2.